The molecule has 0 saturated heterocycles. The van der Waals surface area contributed by atoms with Gasteiger partial charge in [-0.15, -0.1) is 0 Å². The number of benzene rings is 10. The third-order valence-electron chi connectivity index (χ3n) is 10.3. The Labute approximate surface area is 305 Å². The second-order valence-corrected chi connectivity index (χ2v) is 13.0. The van der Waals surface area contributed by atoms with Gasteiger partial charge in [0.1, 0.15) is 11.2 Å². The number of fused-ring (bicyclic) bond motifs is 10. The summed E-state index contributed by atoms with van der Waals surface area (Å²) in [6, 6.07) is 40.9. The van der Waals surface area contributed by atoms with E-state index in [2.05, 4.69) is 36.4 Å². The van der Waals surface area contributed by atoms with Crippen molar-refractivity contribution in [1.29, 1.82) is 0 Å². The average molecular weight is 655 g/mol. The largest absolute Gasteiger partial charge is 0.455 e. The Morgan fingerprint density at radius 1 is 0.373 bits per heavy atom. The van der Waals surface area contributed by atoms with Crippen LogP contribution in [0.15, 0.2) is 186 Å². The van der Waals surface area contributed by atoms with Crippen LogP contribution in [0.1, 0.15) is 11.0 Å². The zero-order valence-corrected chi connectivity index (χ0v) is 27.1. The zero-order valence-electron chi connectivity index (χ0n) is 35.1. The summed E-state index contributed by atoms with van der Waals surface area (Å²) >= 11 is 0. The third kappa shape index (κ3) is 4.22. The lowest BCUT2D eigenvalue weighted by Crippen LogP contribution is -1.91. The molecule has 0 N–H and O–H groups in total. The Balaban J connectivity index is 1.28. The van der Waals surface area contributed by atoms with Gasteiger partial charge in [-0.2, -0.15) is 0 Å². The Bertz CT molecular complexity index is 3570. The maximum Gasteiger partial charge on any atom is 0.143 e. The van der Waals surface area contributed by atoms with Crippen LogP contribution in [-0.2, 0) is 0 Å². The molecule has 1 heteroatoms. The normalized spacial score (nSPS) is 14.1. The molecular weight excluding hydrogens is 617 g/mol. The summed E-state index contributed by atoms with van der Waals surface area (Å²) in [5, 5.41) is 7.97. The molecule has 0 atom stereocenters. The first-order valence-corrected chi connectivity index (χ1v) is 16.9. The van der Waals surface area contributed by atoms with Crippen LogP contribution in [0.3, 0.4) is 0 Å². The van der Waals surface area contributed by atoms with Gasteiger partial charge in [-0.3, -0.25) is 0 Å². The second-order valence-electron chi connectivity index (χ2n) is 13.0. The van der Waals surface area contributed by atoms with Crippen molar-refractivity contribution in [2.24, 2.45) is 0 Å². The summed E-state index contributed by atoms with van der Waals surface area (Å²) in [5.74, 6) is 0. The van der Waals surface area contributed by atoms with Gasteiger partial charge in [-0.1, -0.05) is 158 Å². The Kier molecular flexibility index (Phi) is 4.57. The predicted octanol–water partition coefficient (Wildman–Crippen LogP) is 14.4. The van der Waals surface area contributed by atoms with Crippen LogP contribution < -0.4 is 0 Å². The summed E-state index contributed by atoms with van der Waals surface area (Å²) in [6.07, 6.45) is 0. The van der Waals surface area contributed by atoms with E-state index in [0.29, 0.717) is 38.8 Å². The highest BCUT2D eigenvalue weighted by atomic mass is 16.3. The van der Waals surface area contributed by atoms with Crippen LogP contribution in [0.2, 0.25) is 0 Å². The minimum absolute atomic E-state index is 0.165. The number of furan rings is 1. The minimum atomic E-state index is -0.440. The lowest BCUT2D eigenvalue weighted by molar-refractivity contribution is 0.673. The van der Waals surface area contributed by atoms with Crippen LogP contribution in [0, 0.1) is 0 Å². The molecule has 0 fully saturated rings. The minimum Gasteiger partial charge on any atom is -0.455 e. The van der Waals surface area contributed by atoms with Gasteiger partial charge in [0.25, 0.3) is 0 Å². The first kappa shape index (κ1) is 21.4. The van der Waals surface area contributed by atoms with Gasteiger partial charge in [0.15, 0.2) is 0 Å². The van der Waals surface area contributed by atoms with E-state index in [9.17, 15) is 5.48 Å². The molecule has 0 bridgehead atoms. The van der Waals surface area contributed by atoms with Crippen LogP contribution in [-0.4, -0.2) is 0 Å². The molecule has 1 heterocycles. The van der Waals surface area contributed by atoms with E-state index in [1.54, 1.807) is 0 Å². The molecule has 10 aromatic carbocycles. The highest BCUT2D eigenvalue weighted by molar-refractivity contribution is 6.27. The van der Waals surface area contributed by atoms with Gasteiger partial charge in [0.05, 0.1) is 11.0 Å². The van der Waals surface area contributed by atoms with E-state index in [4.69, 9.17) is 9.90 Å². The van der Waals surface area contributed by atoms with Crippen molar-refractivity contribution in [2.45, 2.75) is 0 Å². The van der Waals surface area contributed by atoms with Crippen molar-refractivity contribution in [3.05, 3.63) is 182 Å². The molecule has 0 aliphatic rings. The van der Waals surface area contributed by atoms with E-state index in [0.717, 1.165) is 48.8 Å². The zero-order chi connectivity index (χ0) is 40.4. The van der Waals surface area contributed by atoms with E-state index in [-0.39, 0.29) is 45.7 Å². The number of hydrogen-bond acceptors (Lipinski definition) is 1. The predicted molar refractivity (Wildman–Crippen MR) is 218 cm³/mol. The first-order valence-electron chi connectivity index (χ1n) is 20.9. The first-order chi connectivity index (χ1) is 28.6. The number of hydrogen-bond donors (Lipinski definition) is 0. The molecule has 0 aliphatic heterocycles. The van der Waals surface area contributed by atoms with Gasteiger partial charge in [0, 0.05) is 16.2 Å². The molecule has 1 aromatic heterocycles. The molecule has 1 nitrogen and oxygen atoms in total. The number of rotatable bonds is 3. The lowest BCUT2D eigenvalue weighted by Gasteiger charge is -2.18. The molecule has 0 saturated carbocycles. The molecule has 0 unspecified atom stereocenters. The van der Waals surface area contributed by atoms with Gasteiger partial charge in [-0.05, 0) is 106 Å². The van der Waals surface area contributed by atoms with Crippen LogP contribution in [0.5, 0.6) is 0 Å². The summed E-state index contributed by atoms with van der Waals surface area (Å²) in [7, 11) is 0. The Hall–Kier alpha value is -6.70. The summed E-state index contributed by atoms with van der Waals surface area (Å²) in [4.78, 5) is 0. The van der Waals surface area contributed by atoms with Crippen molar-refractivity contribution in [1.82, 2.24) is 0 Å². The molecule has 11 aromatic rings. The summed E-state index contributed by atoms with van der Waals surface area (Å²) in [6.45, 7) is 0. The van der Waals surface area contributed by atoms with Crippen molar-refractivity contribution >= 4 is 75.8 Å². The van der Waals surface area contributed by atoms with Gasteiger partial charge in [-0.25, -0.2) is 0 Å². The fraction of sp³-hybridized carbons (Fsp3) is 0. The smallest absolute Gasteiger partial charge is 0.143 e. The molecule has 0 aliphatic carbocycles. The summed E-state index contributed by atoms with van der Waals surface area (Å²) in [5.41, 5.74) is 5.11. The molecule has 51 heavy (non-hydrogen) atoms. The van der Waals surface area contributed by atoms with E-state index >= 15 is 0 Å². The third-order valence-corrected chi connectivity index (χ3v) is 10.3. The molecule has 236 valence electrons. The fourth-order valence-electron chi connectivity index (χ4n) is 7.98. The van der Waals surface area contributed by atoms with Crippen molar-refractivity contribution in [3.63, 3.8) is 0 Å². The van der Waals surface area contributed by atoms with Crippen LogP contribution in [0.4, 0.5) is 0 Å². The average Bonchev–Trinajstić information content (AvgIpc) is 3.67. The highest BCUT2D eigenvalue weighted by Gasteiger charge is 2.21. The van der Waals surface area contributed by atoms with E-state index in [1.807, 2.05) is 97.1 Å². The van der Waals surface area contributed by atoms with Gasteiger partial charge >= 0.3 is 0 Å². The maximum absolute atomic E-state index is 9.51. The highest BCUT2D eigenvalue weighted by Crippen LogP contribution is 2.48. The topological polar surface area (TPSA) is 13.1 Å². The molecular formula is C50H30O. The second kappa shape index (κ2) is 10.9. The standard InChI is InChI=1S/C50H30O/c1-2-11-31(12-3-1)33-24-26-37-34(29-33)21-22-35-30-36(25-27-38(35)37)47-40-15-6-8-17-42(40)48(43-18-9-7-16-41(43)47)44-19-10-20-46-49(44)45-28-23-32-13-4-5-14-39(32)50(45)51-46/h1-30H/i6D,7D,8D,9D,15D,16D,17D,18D. The van der Waals surface area contributed by atoms with E-state index in [1.165, 1.54) is 0 Å². The Morgan fingerprint density at radius 3 is 1.69 bits per heavy atom. The van der Waals surface area contributed by atoms with Crippen LogP contribution in [0.25, 0.3) is 109 Å². The van der Waals surface area contributed by atoms with Crippen molar-refractivity contribution in [2.75, 3.05) is 0 Å². The van der Waals surface area contributed by atoms with Crippen molar-refractivity contribution < 1.29 is 15.4 Å². The van der Waals surface area contributed by atoms with Crippen molar-refractivity contribution in [3.8, 4) is 33.4 Å². The molecule has 0 radical (unpaired) electrons. The van der Waals surface area contributed by atoms with Gasteiger partial charge in [0.2, 0.25) is 0 Å². The van der Waals surface area contributed by atoms with Crippen LogP contribution >= 0.6 is 0 Å². The lowest BCUT2D eigenvalue weighted by atomic mass is 9.84. The SMILES string of the molecule is [2H]c1c([2H])c([2H])c2c(-c3cccc4oc5c6ccccc6ccc5c34)c3c([2H])c([2H])c([2H])c([2H])c3c(-c3ccc4c(ccc5cc(-c6ccccc6)ccc54)c3)c2c1[2H]. The molecule has 11 rings (SSSR count). The summed E-state index contributed by atoms with van der Waals surface area (Å²) < 4.78 is 80.2. The molecule has 0 amide bonds. The Morgan fingerprint density at radius 2 is 0.961 bits per heavy atom. The molecule has 0 spiro atoms. The fourth-order valence-corrected chi connectivity index (χ4v) is 7.98. The monoisotopic (exact) mass is 654 g/mol. The quantitative estimate of drug-likeness (QED) is 0.136. The van der Waals surface area contributed by atoms with Gasteiger partial charge < -0.3 is 4.42 Å². The maximum atomic E-state index is 9.51. The van der Waals surface area contributed by atoms with E-state index < -0.39 is 24.2 Å².